The van der Waals surface area contributed by atoms with Crippen molar-refractivity contribution in [1.82, 2.24) is 4.90 Å². The minimum absolute atomic E-state index is 0.0158. The highest BCUT2D eigenvalue weighted by Crippen LogP contribution is 2.41. The van der Waals surface area contributed by atoms with Crippen molar-refractivity contribution in [1.29, 1.82) is 0 Å². The summed E-state index contributed by atoms with van der Waals surface area (Å²) in [5.74, 6) is -0.405. The molecule has 13 heavy (non-hydrogen) atoms. The molecule has 0 spiro atoms. The molecule has 1 saturated carbocycles. The van der Waals surface area contributed by atoms with Crippen molar-refractivity contribution < 1.29 is 14.4 Å². The Labute approximate surface area is 75.9 Å². The van der Waals surface area contributed by atoms with Crippen LogP contribution in [-0.2, 0) is 14.4 Å². The van der Waals surface area contributed by atoms with Gasteiger partial charge in [0.25, 0.3) is 0 Å². The molecule has 4 heteroatoms. The van der Waals surface area contributed by atoms with E-state index in [0.717, 1.165) is 4.90 Å². The summed E-state index contributed by atoms with van der Waals surface area (Å²) >= 11 is 0. The van der Waals surface area contributed by atoms with Crippen LogP contribution in [0.3, 0.4) is 0 Å². The molecule has 2 saturated heterocycles. The van der Waals surface area contributed by atoms with Gasteiger partial charge in [0.15, 0.2) is 0 Å². The van der Waals surface area contributed by atoms with Gasteiger partial charge >= 0.3 is 0 Å². The van der Waals surface area contributed by atoms with E-state index in [2.05, 4.69) is 0 Å². The summed E-state index contributed by atoms with van der Waals surface area (Å²) in [6, 6.07) is 0. The van der Waals surface area contributed by atoms with E-state index in [1.807, 2.05) is 0 Å². The standard InChI is InChI=1S/C9H11NO3/c1-5(11)4-10-8(12)6-2-7(3-6)9(10)13/h6-7H,2-4H2,1H3. The van der Waals surface area contributed by atoms with Crippen LogP contribution in [-0.4, -0.2) is 29.0 Å². The van der Waals surface area contributed by atoms with Gasteiger partial charge in [-0.1, -0.05) is 0 Å². The first-order chi connectivity index (χ1) is 6.09. The number of nitrogens with zero attached hydrogens (tertiary/aromatic N) is 1. The Kier molecular flexibility index (Phi) is 1.71. The van der Waals surface area contributed by atoms with Crippen molar-refractivity contribution in [3.8, 4) is 0 Å². The number of imide groups is 1. The molecule has 2 heterocycles. The maximum Gasteiger partial charge on any atom is 0.232 e. The minimum atomic E-state index is -0.150. The Balaban J connectivity index is 2.13. The summed E-state index contributed by atoms with van der Waals surface area (Å²) < 4.78 is 0. The van der Waals surface area contributed by atoms with Crippen molar-refractivity contribution in [2.24, 2.45) is 11.8 Å². The molecule has 0 radical (unpaired) electrons. The number of hydrogen-bond donors (Lipinski definition) is 0. The summed E-state index contributed by atoms with van der Waals surface area (Å²) in [5.41, 5.74) is 0. The molecule has 0 atom stereocenters. The van der Waals surface area contributed by atoms with E-state index in [4.69, 9.17) is 0 Å². The van der Waals surface area contributed by atoms with Gasteiger partial charge < -0.3 is 0 Å². The monoisotopic (exact) mass is 181 g/mol. The number of carbonyl (C=O) groups is 3. The molecular formula is C9H11NO3. The third-order valence-corrected chi connectivity index (χ3v) is 2.75. The molecule has 0 N–H and O–H groups in total. The van der Waals surface area contributed by atoms with E-state index in [0.29, 0.717) is 12.8 Å². The van der Waals surface area contributed by atoms with Crippen molar-refractivity contribution >= 4 is 17.6 Å². The van der Waals surface area contributed by atoms with Crippen LogP contribution in [0.2, 0.25) is 0 Å². The van der Waals surface area contributed by atoms with Crippen molar-refractivity contribution in [2.75, 3.05) is 6.54 Å². The van der Waals surface area contributed by atoms with Crippen LogP contribution in [0, 0.1) is 11.8 Å². The SMILES string of the molecule is CC(=O)CN1C(=O)C2CC(C2)C1=O. The Bertz CT molecular complexity index is 271. The molecule has 3 rings (SSSR count). The van der Waals surface area contributed by atoms with Gasteiger partial charge in [-0.15, -0.1) is 0 Å². The third-order valence-electron chi connectivity index (χ3n) is 2.75. The van der Waals surface area contributed by atoms with E-state index in [1.54, 1.807) is 0 Å². The quantitative estimate of drug-likeness (QED) is 0.562. The topological polar surface area (TPSA) is 54.5 Å². The van der Waals surface area contributed by atoms with Gasteiger partial charge in [0, 0.05) is 11.8 Å². The van der Waals surface area contributed by atoms with E-state index in [-0.39, 0.29) is 36.0 Å². The van der Waals surface area contributed by atoms with Gasteiger partial charge in [0.05, 0.1) is 6.54 Å². The smallest absolute Gasteiger partial charge is 0.232 e. The molecule has 0 aromatic rings. The molecule has 0 unspecified atom stereocenters. The molecule has 2 amide bonds. The maximum absolute atomic E-state index is 11.5. The number of Topliss-reactive ketones (excluding diaryl/α,β-unsaturated/α-hetero) is 1. The second-order valence-corrected chi connectivity index (χ2v) is 3.83. The number of amides is 2. The zero-order chi connectivity index (χ0) is 9.59. The van der Waals surface area contributed by atoms with Crippen molar-refractivity contribution in [3.05, 3.63) is 0 Å². The fraction of sp³-hybridized carbons (Fsp3) is 0.667. The minimum Gasteiger partial charge on any atom is -0.298 e. The van der Waals surface area contributed by atoms with Gasteiger partial charge in [0.1, 0.15) is 5.78 Å². The van der Waals surface area contributed by atoms with Crippen LogP contribution < -0.4 is 0 Å². The molecule has 1 aliphatic carbocycles. The van der Waals surface area contributed by atoms with Crippen LogP contribution in [0.5, 0.6) is 0 Å². The zero-order valence-corrected chi connectivity index (χ0v) is 7.45. The summed E-state index contributed by atoms with van der Waals surface area (Å²) in [4.78, 5) is 34.8. The Morgan fingerprint density at radius 3 is 2.15 bits per heavy atom. The van der Waals surface area contributed by atoms with Crippen molar-refractivity contribution in [2.45, 2.75) is 19.8 Å². The second kappa shape index (κ2) is 2.65. The number of ketones is 1. The van der Waals surface area contributed by atoms with Crippen LogP contribution >= 0.6 is 0 Å². The lowest BCUT2D eigenvalue weighted by Gasteiger charge is -2.43. The first kappa shape index (κ1) is 8.41. The molecule has 70 valence electrons. The van der Waals surface area contributed by atoms with Gasteiger partial charge in [-0.2, -0.15) is 0 Å². The van der Waals surface area contributed by atoms with Crippen LogP contribution in [0.15, 0.2) is 0 Å². The lowest BCUT2D eigenvalue weighted by molar-refractivity contribution is -0.166. The predicted molar refractivity (Wildman–Crippen MR) is 43.6 cm³/mol. The first-order valence-electron chi connectivity index (χ1n) is 4.44. The maximum atomic E-state index is 11.5. The van der Waals surface area contributed by atoms with Crippen molar-refractivity contribution in [3.63, 3.8) is 0 Å². The number of fused-ring (bicyclic) bond motifs is 2. The highest BCUT2D eigenvalue weighted by Gasteiger charge is 2.49. The van der Waals surface area contributed by atoms with Crippen LogP contribution in [0.25, 0.3) is 0 Å². The van der Waals surface area contributed by atoms with Gasteiger partial charge in [-0.05, 0) is 19.8 Å². The lowest BCUT2D eigenvalue weighted by Crippen LogP contribution is -2.57. The molecule has 3 aliphatic rings. The van der Waals surface area contributed by atoms with E-state index < -0.39 is 0 Å². The Morgan fingerprint density at radius 2 is 1.77 bits per heavy atom. The summed E-state index contributed by atoms with van der Waals surface area (Å²) in [6.45, 7) is 1.35. The summed E-state index contributed by atoms with van der Waals surface area (Å²) in [5, 5.41) is 0. The highest BCUT2D eigenvalue weighted by atomic mass is 16.2. The average molecular weight is 181 g/mol. The largest absolute Gasteiger partial charge is 0.298 e. The molecule has 4 nitrogen and oxygen atoms in total. The summed E-state index contributed by atoms with van der Waals surface area (Å²) in [6.07, 6.45) is 1.40. The fourth-order valence-electron chi connectivity index (χ4n) is 1.95. The molecule has 0 aromatic carbocycles. The molecule has 0 aromatic heterocycles. The summed E-state index contributed by atoms with van der Waals surface area (Å²) in [7, 11) is 0. The second-order valence-electron chi connectivity index (χ2n) is 3.83. The fourth-order valence-corrected chi connectivity index (χ4v) is 1.95. The predicted octanol–water partition coefficient (Wildman–Crippen LogP) is -0.0296. The first-order valence-corrected chi connectivity index (χ1v) is 4.44. The molecular weight excluding hydrogens is 170 g/mol. The number of rotatable bonds is 2. The molecule has 2 bridgehead atoms. The molecule has 2 aliphatic heterocycles. The Hall–Kier alpha value is -1.19. The van der Waals surface area contributed by atoms with Gasteiger partial charge in [0.2, 0.25) is 11.8 Å². The van der Waals surface area contributed by atoms with E-state index in [1.165, 1.54) is 6.92 Å². The van der Waals surface area contributed by atoms with Crippen LogP contribution in [0.4, 0.5) is 0 Å². The highest BCUT2D eigenvalue weighted by molar-refractivity contribution is 6.05. The van der Waals surface area contributed by atoms with Gasteiger partial charge in [-0.3, -0.25) is 19.3 Å². The number of hydrogen-bond acceptors (Lipinski definition) is 3. The normalized spacial score (nSPS) is 31.6. The molecule has 3 fully saturated rings. The van der Waals surface area contributed by atoms with E-state index in [9.17, 15) is 14.4 Å². The number of carbonyl (C=O) groups excluding carboxylic acids is 3. The zero-order valence-electron chi connectivity index (χ0n) is 7.45. The van der Waals surface area contributed by atoms with E-state index >= 15 is 0 Å². The average Bonchev–Trinajstić information content (AvgIpc) is 1.93. The number of piperidine rings is 2. The van der Waals surface area contributed by atoms with Gasteiger partial charge in [-0.25, -0.2) is 0 Å². The lowest BCUT2D eigenvalue weighted by atomic mass is 9.70. The van der Waals surface area contributed by atoms with Crippen LogP contribution in [0.1, 0.15) is 19.8 Å². The third kappa shape index (κ3) is 1.17. The Morgan fingerprint density at radius 1 is 1.31 bits per heavy atom.